The minimum Gasteiger partial charge on any atom is -0.336 e. The highest BCUT2D eigenvalue weighted by atomic mass is 79.9. The minimum atomic E-state index is -3.82. The lowest BCUT2D eigenvalue weighted by Gasteiger charge is -2.34. The zero-order valence-electron chi connectivity index (χ0n) is 13.5. The monoisotopic (exact) mass is 476 g/mol. The molecule has 3 rings (SSSR count). The molecule has 2 aromatic rings. The van der Waals surface area contributed by atoms with E-state index in [0.29, 0.717) is 18.7 Å². The van der Waals surface area contributed by atoms with E-state index in [4.69, 9.17) is 23.2 Å². The summed E-state index contributed by atoms with van der Waals surface area (Å²) in [7, 11) is -3.82. The third kappa shape index (κ3) is 3.92. The Morgan fingerprint density at radius 2 is 1.54 bits per heavy atom. The van der Waals surface area contributed by atoms with Gasteiger partial charge in [0.05, 0.1) is 10.0 Å². The van der Waals surface area contributed by atoms with E-state index in [2.05, 4.69) is 15.9 Å². The van der Waals surface area contributed by atoms with Gasteiger partial charge in [0.2, 0.25) is 10.0 Å². The van der Waals surface area contributed by atoms with Crippen molar-refractivity contribution in [1.82, 2.24) is 9.21 Å². The first-order valence-electron chi connectivity index (χ1n) is 7.80. The van der Waals surface area contributed by atoms with Crippen LogP contribution in [0.1, 0.15) is 10.4 Å². The Bertz CT molecular complexity index is 925. The Labute approximate surface area is 170 Å². The van der Waals surface area contributed by atoms with E-state index < -0.39 is 10.0 Å². The molecule has 26 heavy (non-hydrogen) atoms. The van der Waals surface area contributed by atoms with E-state index >= 15 is 0 Å². The molecule has 1 heterocycles. The fourth-order valence-electron chi connectivity index (χ4n) is 2.79. The molecule has 2 aromatic carbocycles. The topological polar surface area (TPSA) is 57.7 Å². The van der Waals surface area contributed by atoms with E-state index in [-0.39, 0.29) is 33.9 Å². The highest BCUT2D eigenvalue weighted by Gasteiger charge is 2.33. The molecular weight excluding hydrogens is 463 g/mol. The van der Waals surface area contributed by atoms with E-state index in [1.54, 1.807) is 29.2 Å². The van der Waals surface area contributed by atoms with Gasteiger partial charge in [-0.25, -0.2) is 8.42 Å². The number of piperazine rings is 1. The molecule has 0 bridgehead atoms. The first-order chi connectivity index (χ1) is 12.3. The SMILES string of the molecule is O=C(c1cccc(Br)c1)N1CCN(S(=O)(=O)c2c(Cl)cccc2Cl)CC1. The zero-order valence-corrected chi connectivity index (χ0v) is 17.4. The van der Waals surface area contributed by atoms with E-state index in [1.165, 1.54) is 16.4 Å². The van der Waals surface area contributed by atoms with Crippen LogP contribution in [0.4, 0.5) is 0 Å². The molecule has 9 heteroatoms. The number of nitrogens with zero attached hydrogens (tertiary/aromatic N) is 2. The number of sulfonamides is 1. The number of carbonyl (C=O) groups is 1. The van der Waals surface area contributed by atoms with Gasteiger partial charge in [0, 0.05) is 36.2 Å². The van der Waals surface area contributed by atoms with E-state index in [1.807, 2.05) is 6.07 Å². The Kier molecular flexibility index (Phi) is 5.94. The van der Waals surface area contributed by atoms with Gasteiger partial charge in [0.1, 0.15) is 4.90 Å². The molecule has 0 radical (unpaired) electrons. The maximum Gasteiger partial charge on any atom is 0.253 e. The number of amides is 1. The van der Waals surface area contributed by atoms with Gasteiger partial charge in [-0.1, -0.05) is 51.3 Å². The highest BCUT2D eigenvalue weighted by molar-refractivity contribution is 9.10. The van der Waals surface area contributed by atoms with Crippen molar-refractivity contribution in [1.29, 1.82) is 0 Å². The van der Waals surface area contributed by atoms with Crippen LogP contribution in [0.15, 0.2) is 51.8 Å². The summed E-state index contributed by atoms with van der Waals surface area (Å²) in [4.78, 5) is 14.1. The average Bonchev–Trinajstić information content (AvgIpc) is 2.61. The molecule has 0 aliphatic carbocycles. The molecule has 0 N–H and O–H groups in total. The summed E-state index contributed by atoms with van der Waals surface area (Å²) >= 11 is 15.4. The fraction of sp³-hybridized carbons (Fsp3) is 0.235. The molecule has 1 aliphatic rings. The van der Waals surface area contributed by atoms with E-state index in [0.717, 1.165) is 4.47 Å². The van der Waals surface area contributed by atoms with Gasteiger partial charge in [-0.15, -0.1) is 0 Å². The zero-order chi connectivity index (χ0) is 18.9. The maximum absolute atomic E-state index is 12.9. The van der Waals surface area contributed by atoms with Crippen LogP contribution in [0.2, 0.25) is 10.0 Å². The van der Waals surface area contributed by atoms with Gasteiger partial charge in [-0.05, 0) is 30.3 Å². The van der Waals surface area contributed by atoms with Crippen LogP contribution in [0.25, 0.3) is 0 Å². The molecule has 0 spiro atoms. The molecule has 5 nitrogen and oxygen atoms in total. The van der Waals surface area contributed by atoms with Crippen LogP contribution in [0, 0.1) is 0 Å². The van der Waals surface area contributed by atoms with Crippen molar-refractivity contribution in [3.8, 4) is 0 Å². The Morgan fingerprint density at radius 1 is 0.962 bits per heavy atom. The minimum absolute atomic E-state index is 0.0879. The lowest BCUT2D eigenvalue weighted by Crippen LogP contribution is -2.50. The standard InChI is InChI=1S/C17H15BrCl2N2O3S/c18-13-4-1-3-12(11-13)17(23)21-7-9-22(10-8-21)26(24,25)16-14(19)5-2-6-15(16)20/h1-6,11H,7-10H2. The smallest absolute Gasteiger partial charge is 0.253 e. The molecule has 138 valence electrons. The molecule has 1 fully saturated rings. The maximum atomic E-state index is 12.9. The Morgan fingerprint density at radius 3 is 2.12 bits per heavy atom. The first kappa shape index (κ1) is 19.6. The molecule has 1 saturated heterocycles. The van der Waals surface area contributed by atoms with Crippen LogP contribution < -0.4 is 0 Å². The van der Waals surface area contributed by atoms with Crippen molar-refractivity contribution in [2.45, 2.75) is 4.90 Å². The second kappa shape index (κ2) is 7.86. The van der Waals surface area contributed by atoms with Crippen molar-refractivity contribution >= 4 is 55.1 Å². The van der Waals surface area contributed by atoms with Gasteiger partial charge >= 0.3 is 0 Å². The number of hydrogen-bond acceptors (Lipinski definition) is 3. The molecule has 0 aromatic heterocycles. The highest BCUT2D eigenvalue weighted by Crippen LogP contribution is 2.32. The van der Waals surface area contributed by atoms with Gasteiger partial charge < -0.3 is 4.90 Å². The van der Waals surface area contributed by atoms with Crippen molar-refractivity contribution in [2.24, 2.45) is 0 Å². The number of carbonyl (C=O) groups excluding carboxylic acids is 1. The second-order valence-corrected chi connectivity index (χ2v) is 9.36. The summed E-state index contributed by atoms with van der Waals surface area (Å²) in [5, 5.41) is 0.176. The van der Waals surface area contributed by atoms with Gasteiger partial charge in [-0.3, -0.25) is 4.79 Å². The molecule has 0 atom stereocenters. The lowest BCUT2D eigenvalue weighted by molar-refractivity contribution is 0.0698. The third-order valence-corrected chi connectivity index (χ3v) is 7.46. The summed E-state index contributed by atoms with van der Waals surface area (Å²) in [6.45, 7) is 0.965. The number of rotatable bonds is 3. The Hall–Kier alpha value is -1.12. The molecular formula is C17H15BrCl2N2O3S. The summed E-state index contributed by atoms with van der Waals surface area (Å²) in [5.41, 5.74) is 0.560. The number of hydrogen-bond donors (Lipinski definition) is 0. The molecule has 1 aliphatic heterocycles. The number of halogens is 3. The van der Waals surface area contributed by atoms with Crippen LogP contribution in [0.3, 0.4) is 0 Å². The quantitative estimate of drug-likeness (QED) is 0.673. The fourth-order valence-corrected chi connectivity index (χ4v) is 5.71. The largest absolute Gasteiger partial charge is 0.336 e. The van der Waals surface area contributed by atoms with Crippen molar-refractivity contribution in [3.05, 3.63) is 62.5 Å². The Balaban J connectivity index is 1.75. The molecule has 0 saturated carbocycles. The van der Waals surface area contributed by atoms with Crippen LogP contribution >= 0.6 is 39.1 Å². The van der Waals surface area contributed by atoms with Gasteiger partial charge in [0.25, 0.3) is 5.91 Å². The normalized spacial score (nSPS) is 15.9. The van der Waals surface area contributed by atoms with Crippen molar-refractivity contribution in [2.75, 3.05) is 26.2 Å². The third-order valence-electron chi connectivity index (χ3n) is 4.11. The van der Waals surface area contributed by atoms with Crippen LogP contribution in [-0.4, -0.2) is 49.7 Å². The molecule has 0 unspecified atom stereocenters. The average molecular weight is 478 g/mol. The summed E-state index contributed by atoms with van der Waals surface area (Å²) in [6.07, 6.45) is 0. The summed E-state index contributed by atoms with van der Waals surface area (Å²) in [6, 6.07) is 11.7. The van der Waals surface area contributed by atoms with Crippen LogP contribution in [0.5, 0.6) is 0 Å². The van der Waals surface area contributed by atoms with Gasteiger partial charge in [0.15, 0.2) is 0 Å². The van der Waals surface area contributed by atoms with Crippen LogP contribution in [-0.2, 0) is 10.0 Å². The lowest BCUT2D eigenvalue weighted by atomic mass is 10.2. The first-order valence-corrected chi connectivity index (χ1v) is 10.8. The summed E-state index contributed by atoms with van der Waals surface area (Å²) < 4.78 is 27.9. The molecule has 1 amide bonds. The summed E-state index contributed by atoms with van der Waals surface area (Å²) in [5.74, 6) is -0.126. The van der Waals surface area contributed by atoms with Crippen molar-refractivity contribution in [3.63, 3.8) is 0 Å². The predicted octanol–water partition coefficient (Wildman–Crippen LogP) is 3.90. The van der Waals surface area contributed by atoms with Crippen molar-refractivity contribution < 1.29 is 13.2 Å². The van der Waals surface area contributed by atoms with Gasteiger partial charge in [-0.2, -0.15) is 4.31 Å². The number of benzene rings is 2. The predicted molar refractivity (Wildman–Crippen MR) is 105 cm³/mol. The van der Waals surface area contributed by atoms with E-state index in [9.17, 15) is 13.2 Å². The second-order valence-electron chi connectivity index (χ2n) is 5.76.